The summed E-state index contributed by atoms with van der Waals surface area (Å²) in [5, 5.41) is 0. The quantitative estimate of drug-likeness (QED) is 0.788. The molecule has 3 aliphatic heterocycles. The van der Waals surface area contributed by atoms with E-state index in [1.54, 1.807) is 0 Å². The first-order valence-electron chi connectivity index (χ1n) is 7.22. The van der Waals surface area contributed by atoms with Gasteiger partial charge in [-0.15, -0.1) is 0 Å². The molecule has 4 heteroatoms. The van der Waals surface area contributed by atoms with Crippen LogP contribution in [0, 0.1) is 0 Å². The van der Waals surface area contributed by atoms with Crippen LogP contribution in [0.3, 0.4) is 0 Å². The summed E-state index contributed by atoms with van der Waals surface area (Å²) in [4.78, 5) is 0. The lowest BCUT2D eigenvalue weighted by Crippen LogP contribution is -2.40. The van der Waals surface area contributed by atoms with E-state index in [2.05, 4.69) is 6.08 Å². The Kier molecular flexibility index (Phi) is 2.84. The summed E-state index contributed by atoms with van der Waals surface area (Å²) >= 11 is 0. The van der Waals surface area contributed by atoms with E-state index in [0.29, 0.717) is 13.2 Å². The van der Waals surface area contributed by atoms with Gasteiger partial charge in [0, 0.05) is 18.4 Å². The first-order chi connectivity index (χ1) is 9.79. The van der Waals surface area contributed by atoms with Crippen molar-refractivity contribution in [1.29, 1.82) is 0 Å². The predicted molar refractivity (Wildman–Crippen MR) is 72.4 cm³/mol. The number of hydrogen-bond donors (Lipinski definition) is 0. The van der Waals surface area contributed by atoms with Gasteiger partial charge in [0.2, 0.25) is 5.79 Å². The fraction of sp³-hybridized carbons (Fsp3) is 0.500. The van der Waals surface area contributed by atoms with Gasteiger partial charge in [-0.25, -0.2) is 0 Å². The fourth-order valence-electron chi connectivity index (χ4n) is 3.01. The molecule has 2 unspecified atom stereocenters. The monoisotopic (exact) mass is 274 g/mol. The topological polar surface area (TPSA) is 36.9 Å². The summed E-state index contributed by atoms with van der Waals surface area (Å²) in [6.45, 7) is 1.12. The van der Waals surface area contributed by atoms with Crippen LogP contribution in [0.4, 0.5) is 0 Å². The maximum absolute atomic E-state index is 6.14. The van der Waals surface area contributed by atoms with Gasteiger partial charge in [-0.05, 0) is 18.9 Å². The summed E-state index contributed by atoms with van der Waals surface area (Å²) in [5.41, 5.74) is 1.07. The van der Waals surface area contributed by atoms with Gasteiger partial charge in [0.05, 0.1) is 6.61 Å². The molecule has 0 amide bonds. The van der Waals surface area contributed by atoms with Crippen LogP contribution >= 0.6 is 0 Å². The van der Waals surface area contributed by atoms with E-state index in [1.165, 1.54) is 0 Å². The van der Waals surface area contributed by atoms with Crippen molar-refractivity contribution in [2.75, 3.05) is 13.2 Å². The van der Waals surface area contributed by atoms with Crippen LogP contribution in [-0.4, -0.2) is 25.0 Å². The second-order valence-corrected chi connectivity index (χ2v) is 5.51. The molecule has 4 nitrogen and oxygen atoms in total. The summed E-state index contributed by atoms with van der Waals surface area (Å²) in [6, 6.07) is 10.1. The molecule has 3 aliphatic rings. The third-order valence-corrected chi connectivity index (χ3v) is 4.01. The number of ether oxygens (including phenoxy) is 4. The Balaban J connectivity index is 1.56. The lowest BCUT2D eigenvalue weighted by molar-refractivity contribution is -0.348. The maximum Gasteiger partial charge on any atom is 0.286 e. The molecular weight excluding hydrogens is 256 g/mol. The normalized spacial score (nSPS) is 36.3. The Bertz CT molecular complexity index is 519. The number of benzene rings is 1. The number of hydrogen-bond acceptors (Lipinski definition) is 4. The highest BCUT2D eigenvalue weighted by Gasteiger charge is 2.55. The van der Waals surface area contributed by atoms with Crippen LogP contribution in [0.5, 0.6) is 0 Å². The maximum atomic E-state index is 6.14. The van der Waals surface area contributed by atoms with Crippen molar-refractivity contribution < 1.29 is 18.9 Å². The Morgan fingerprint density at radius 3 is 2.70 bits per heavy atom. The van der Waals surface area contributed by atoms with E-state index in [4.69, 9.17) is 18.9 Å². The lowest BCUT2D eigenvalue weighted by atomic mass is 10.0. The molecule has 0 bridgehead atoms. The van der Waals surface area contributed by atoms with Crippen molar-refractivity contribution in [2.24, 2.45) is 0 Å². The molecule has 0 aromatic heterocycles. The highest BCUT2D eigenvalue weighted by Crippen LogP contribution is 2.45. The Morgan fingerprint density at radius 1 is 1.00 bits per heavy atom. The van der Waals surface area contributed by atoms with Crippen LogP contribution < -0.4 is 0 Å². The molecule has 0 saturated carbocycles. The zero-order chi connectivity index (χ0) is 13.5. The molecule has 2 atom stereocenters. The molecule has 2 spiro atoms. The molecule has 106 valence electrons. The van der Waals surface area contributed by atoms with Gasteiger partial charge < -0.3 is 14.2 Å². The van der Waals surface area contributed by atoms with Crippen molar-refractivity contribution in [3.8, 4) is 0 Å². The largest absolute Gasteiger partial charge is 0.459 e. The Morgan fingerprint density at radius 2 is 1.90 bits per heavy atom. The van der Waals surface area contributed by atoms with E-state index in [9.17, 15) is 0 Å². The average molecular weight is 274 g/mol. The molecule has 1 aromatic carbocycles. The second-order valence-electron chi connectivity index (χ2n) is 5.51. The molecule has 3 heterocycles. The van der Waals surface area contributed by atoms with Crippen molar-refractivity contribution in [3.63, 3.8) is 0 Å². The predicted octanol–water partition coefficient (Wildman–Crippen LogP) is 3.05. The SMILES string of the molecule is C1=C(c2ccccc2)OC2(CC1)COC1(CCCO1)O2. The molecule has 1 aromatic rings. The van der Waals surface area contributed by atoms with Crippen LogP contribution in [0.2, 0.25) is 0 Å². The summed E-state index contributed by atoms with van der Waals surface area (Å²) in [6.07, 6.45) is 5.59. The minimum Gasteiger partial charge on any atom is -0.459 e. The van der Waals surface area contributed by atoms with Crippen molar-refractivity contribution in [2.45, 2.75) is 37.4 Å². The highest BCUT2D eigenvalue weighted by molar-refractivity contribution is 5.60. The Hall–Kier alpha value is -1.36. The van der Waals surface area contributed by atoms with Crippen molar-refractivity contribution in [1.82, 2.24) is 0 Å². The minimum absolute atomic E-state index is 0.428. The van der Waals surface area contributed by atoms with Crippen LogP contribution in [-0.2, 0) is 18.9 Å². The van der Waals surface area contributed by atoms with Crippen LogP contribution in [0.25, 0.3) is 5.76 Å². The van der Waals surface area contributed by atoms with Gasteiger partial charge in [0.15, 0.2) is 0 Å². The minimum atomic E-state index is -0.862. The van der Waals surface area contributed by atoms with E-state index in [1.807, 2.05) is 30.3 Å². The van der Waals surface area contributed by atoms with Gasteiger partial charge in [-0.3, -0.25) is 4.74 Å². The lowest BCUT2D eigenvalue weighted by Gasteiger charge is -2.33. The first-order valence-corrected chi connectivity index (χ1v) is 7.22. The molecule has 0 radical (unpaired) electrons. The third-order valence-electron chi connectivity index (χ3n) is 4.01. The molecule has 2 saturated heterocycles. The van der Waals surface area contributed by atoms with Crippen LogP contribution in [0.1, 0.15) is 31.2 Å². The zero-order valence-electron chi connectivity index (χ0n) is 11.3. The smallest absolute Gasteiger partial charge is 0.286 e. The van der Waals surface area contributed by atoms with Gasteiger partial charge in [-0.2, -0.15) is 0 Å². The summed E-state index contributed by atoms with van der Waals surface area (Å²) < 4.78 is 23.6. The van der Waals surface area contributed by atoms with Gasteiger partial charge in [0.25, 0.3) is 5.97 Å². The highest BCUT2D eigenvalue weighted by atomic mass is 16.9. The zero-order valence-corrected chi connectivity index (χ0v) is 11.3. The van der Waals surface area contributed by atoms with Gasteiger partial charge >= 0.3 is 0 Å². The van der Waals surface area contributed by atoms with Gasteiger partial charge in [-0.1, -0.05) is 30.3 Å². The number of allylic oxidation sites excluding steroid dienone is 1. The molecule has 0 N–H and O–H groups in total. The van der Waals surface area contributed by atoms with E-state index >= 15 is 0 Å². The van der Waals surface area contributed by atoms with E-state index < -0.39 is 11.8 Å². The number of rotatable bonds is 1. The van der Waals surface area contributed by atoms with E-state index in [0.717, 1.165) is 37.0 Å². The fourth-order valence-corrected chi connectivity index (χ4v) is 3.01. The molecule has 2 fully saturated rings. The van der Waals surface area contributed by atoms with Crippen molar-refractivity contribution >= 4 is 5.76 Å². The molecule has 20 heavy (non-hydrogen) atoms. The Labute approximate surface area is 118 Å². The third kappa shape index (κ3) is 2.04. The average Bonchev–Trinajstić information content (AvgIpc) is 3.09. The van der Waals surface area contributed by atoms with Gasteiger partial charge in [0.1, 0.15) is 12.4 Å². The molecule has 0 aliphatic carbocycles. The standard InChI is InChI=1S/C16H18O4/c1-2-6-13(7-3-1)14-8-4-9-15(19-14)12-18-16(20-15)10-5-11-17-16/h1-3,6-8H,4-5,9-12H2. The first kappa shape index (κ1) is 12.4. The van der Waals surface area contributed by atoms with Crippen LogP contribution in [0.15, 0.2) is 36.4 Å². The second kappa shape index (κ2) is 4.58. The molecule has 4 rings (SSSR count). The van der Waals surface area contributed by atoms with E-state index in [-0.39, 0.29) is 0 Å². The summed E-state index contributed by atoms with van der Waals surface area (Å²) in [5.74, 6) is -0.681. The molecular formula is C16H18O4. The summed E-state index contributed by atoms with van der Waals surface area (Å²) in [7, 11) is 0. The van der Waals surface area contributed by atoms with Crippen molar-refractivity contribution in [3.05, 3.63) is 42.0 Å².